The number of nitrogens with zero attached hydrogens (tertiary/aromatic N) is 3. The molecule has 2 saturated carbocycles. The maximum atomic E-state index is 13.0. The molecule has 6 heteroatoms. The predicted octanol–water partition coefficient (Wildman–Crippen LogP) is 3.45. The van der Waals surface area contributed by atoms with E-state index < -0.39 is 0 Å². The number of amides is 1. The molecular weight excluding hydrogens is 340 g/mol. The van der Waals surface area contributed by atoms with Crippen LogP contribution in [-0.4, -0.2) is 39.0 Å². The summed E-state index contributed by atoms with van der Waals surface area (Å²) in [5.74, 6) is 0.941. The van der Waals surface area contributed by atoms with Gasteiger partial charge < -0.3 is 10.1 Å². The molecule has 6 nitrogen and oxygen atoms in total. The molecule has 2 bridgehead atoms. The van der Waals surface area contributed by atoms with E-state index in [4.69, 9.17) is 4.74 Å². The van der Waals surface area contributed by atoms with Crippen LogP contribution >= 0.6 is 0 Å². The Bertz CT molecular complexity index is 817. The first-order valence-electron chi connectivity index (χ1n) is 10.3. The average Bonchev–Trinajstić information content (AvgIpc) is 3.14. The van der Waals surface area contributed by atoms with E-state index in [9.17, 15) is 4.79 Å². The zero-order chi connectivity index (χ0) is 19.0. The molecule has 2 aliphatic rings. The highest BCUT2D eigenvalue weighted by atomic mass is 16.5. The van der Waals surface area contributed by atoms with Crippen molar-refractivity contribution in [2.24, 2.45) is 11.8 Å². The molecule has 2 aromatic heterocycles. The number of carbonyl (C=O) groups excluding carboxylic acids is 1. The number of fused-ring (bicyclic) bond motifs is 3. The van der Waals surface area contributed by atoms with Crippen LogP contribution in [0.3, 0.4) is 0 Å². The lowest BCUT2D eigenvalue weighted by Gasteiger charge is -2.35. The summed E-state index contributed by atoms with van der Waals surface area (Å²) in [6.07, 6.45) is 8.85. The number of nitrogens with one attached hydrogen (secondary N) is 1. The van der Waals surface area contributed by atoms with Crippen LogP contribution in [0.1, 0.15) is 67.3 Å². The molecule has 0 radical (unpaired) electrons. The van der Waals surface area contributed by atoms with Crippen LogP contribution in [0.4, 0.5) is 0 Å². The normalized spacial score (nSPS) is 27.2. The molecular formula is C21H30N4O2. The van der Waals surface area contributed by atoms with Gasteiger partial charge in [0.05, 0.1) is 6.10 Å². The summed E-state index contributed by atoms with van der Waals surface area (Å²) in [5, 5.41) is 3.29. The number of hydrogen-bond donors (Lipinski definition) is 1. The molecule has 0 saturated heterocycles. The monoisotopic (exact) mass is 370 g/mol. The fourth-order valence-corrected chi connectivity index (χ4v) is 4.90. The minimum Gasteiger partial charge on any atom is -0.378 e. The van der Waals surface area contributed by atoms with E-state index in [-0.39, 0.29) is 11.9 Å². The van der Waals surface area contributed by atoms with Crippen molar-refractivity contribution >= 4 is 11.6 Å². The zero-order valence-corrected chi connectivity index (χ0v) is 16.6. The molecule has 146 valence electrons. The van der Waals surface area contributed by atoms with Crippen molar-refractivity contribution in [3.05, 3.63) is 29.5 Å². The van der Waals surface area contributed by atoms with E-state index in [2.05, 4.69) is 22.2 Å². The molecule has 2 aromatic rings. The number of aryl methyl sites for hydroxylation is 2. The number of rotatable bonds is 6. The summed E-state index contributed by atoms with van der Waals surface area (Å²) >= 11 is 0. The van der Waals surface area contributed by atoms with Gasteiger partial charge >= 0.3 is 0 Å². The Labute approximate surface area is 160 Å². The molecule has 27 heavy (non-hydrogen) atoms. The van der Waals surface area contributed by atoms with Gasteiger partial charge in [0.25, 0.3) is 5.91 Å². The molecule has 1 amide bonds. The van der Waals surface area contributed by atoms with Crippen molar-refractivity contribution in [1.82, 2.24) is 19.7 Å². The fourth-order valence-electron chi connectivity index (χ4n) is 4.90. The Morgan fingerprint density at radius 3 is 2.74 bits per heavy atom. The number of imidazole rings is 1. The Hall–Kier alpha value is -1.95. The first kappa shape index (κ1) is 18.4. The van der Waals surface area contributed by atoms with Gasteiger partial charge in [-0.05, 0) is 63.9 Å². The van der Waals surface area contributed by atoms with Crippen molar-refractivity contribution in [2.75, 3.05) is 6.61 Å². The second-order valence-electron chi connectivity index (χ2n) is 8.24. The third kappa shape index (κ3) is 3.59. The van der Waals surface area contributed by atoms with E-state index in [1.165, 1.54) is 19.3 Å². The highest BCUT2D eigenvalue weighted by Crippen LogP contribution is 2.43. The van der Waals surface area contributed by atoms with E-state index in [0.29, 0.717) is 29.3 Å². The molecule has 2 heterocycles. The standard InChI is InChI=1S/C21H30N4O2/c1-4-5-8-27-17-10-15-6-7-16(11-17)18(15)24-21(26)19-20-23-13(2)9-14(3)25(20)12-22-19/h9,12,15-18H,4-8,10-11H2,1-3H3,(H,24,26)/t15-,16+,17+,18+. The van der Waals surface area contributed by atoms with Gasteiger partial charge in [-0.1, -0.05) is 13.3 Å². The summed E-state index contributed by atoms with van der Waals surface area (Å²) in [4.78, 5) is 21.9. The van der Waals surface area contributed by atoms with Crippen molar-refractivity contribution in [3.63, 3.8) is 0 Å². The highest BCUT2D eigenvalue weighted by molar-refractivity contribution is 5.98. The van der Waals surface area contributed by atoms with Crippen LogP contribution < -0.4 is 5.32 Å². The number of unbranched alkanes of at least 4 members (excludes halogenated alkanes) is 1. The average molecular weight is 370 g/mol. The topological polar surface area (TPSA) is 68.5 Å². The Morgan fingerprint density at radius 1 is 1.30 bits per heavy atom. The number of hydrogen-bond acceptors (Lipinski definition) is 4. The molecule has 0 unspecified atom stereocenters. The molecule has 2 aliphatic carbocycles. The second kappa shape index (κ2) is 7.58. The quantitative estimate of drug-likeness (QED) is 0.791. The molecule has 4 atom stereocenters. The molecule has 0 aliphatic heterocycles. The van der Waals surface area contributed by atoms with Gasteiger partial charge in [-0.15, -0.1) is 0 Å². The van der Waals surface area contributed by atoms with Gasteiger partial charge in [-0.3, -0.25) is 9.20 Å². The van der Waals surface area contributed by atoms with Crippen molar-refractivity contribution < 1.29 is 9.53 Å². The minimum atomic E-state index is -0.0951. The summed E-state index contributed by atoms with van der Waals surface area (Å²) in [6, 6.07) is 2.24. The van der Waals surface area contributed by atoms with E-state index >= 15 is 0 Å². The maximum absolute atomic E-state index is 13.0. The fraction of sp³-hybridized carbons (Fsp3) is 0.667. The smallest absolute Gasteiger partial charge is 0.274 e. The van der Waals surface area contributed by atoms with Crippen LogP contribution in [0.25, 0.3) is 5.65 Å². The molecule has 4 rings (SSSR count). The number of ether oxygens (including phenoxy) is 1. The van der Waals surface area contributed by atoms with Crippen LogP contribution in [-0.2, 0) is 4.74 Å². The molecule has 2 fully saturated rings. The SMILES string of the molecule is CCCCO[C@H]1C[C@H]2CC[C@@H](C1)[C@H]2NC(=O)c1ncn2c(C)cc(C)nc12. The summed E-state index contributed by atoms with van der Waals surface area (Å²) in [5.41, 5.74) is 3.02. The second-order valence-corrected chi connectivity index (χ2v) is 8.24. The van der Waals surface area contributed by atoms with E-state index in [1.54, 1.807) is 6.33 Å². The summed E-state index contributed by atoms with van der Waals surface area (Å²) in [6.45, 7) is 7.01. The molecule has 0 spiro atoms. The van der Waals surface area contributed by atoms with Gasteiger partial charge in [0, 0.05) is 24.0 Å². The van der Waals surface area contributed by atoms with Crippen molar-refractivity contribution in [2.45, 2.75) is 71.4 Å². The third-order valence-corrected chi connectivity index (χ3v) is 6.24. The largest absolute Gasteiger partial charge is 0.378 e. The van der Waals surface area contributed by atoms with Gasteiger partial charge in [-0.2, -0.15) is 0 Å². The van der Waals surface area contributed by atoms with Crippen molar-refractivity contribution in [3.8, 4) is 0 Å². The Balaban J connectivity index is 1.45. The number of aromatic nitrogens is 3. The van der Waals surface area contributed by atoms with Gasteiger partial charge in [0.1, 0.15) is 6.33 Å². The van der Waals surface area contributed by atoms with Crippen LogP contribution in [0.5, 0.6) is 0 Å². The lowest BCUT2D eigenvalue weighted by molar-refractivity contribution is -0.00121. The highest BCUT2D eigenvalue weighted by Gasteiger charge is 2.44. The van der Waals surface area contributed by atoms with Crippen LogP contribution in [0.2, 0.25) is 0 Å². The third-order valence-electron chi connectivity index (χ3n) is 6.24. The Morgan fingerprint density at radius 2 is 2.04 bits per heavy atom. The van der Waals surface area contributed by atoms with Crippen LogP contribution in [0, 0.1) is 25.7 Å². The van der Waals surface area contributed by atoms with E-state index in [1.807, 2.05) is 24.3 Å². The lowest BCUT2D eigenvalue weighted by Crippen LogP contribution is -2.46. The van der Waals surface area contributed by atoms with E-state index in [0.717, 1.165) is 37.3 Å². The summed E-state index contributed by atoms with van der Waals surface area (Å²) in [7, 11) is 0. The lowest BCUT2D eigenvalue weighted by atomic mass is 9.82. The predicted molar refractivity (Wildman–Crippen MR) is 104 cm³/mol. The van der Waals surface area contributed by atoms with Gasteiger partial charge in [0.2, 0.25) is 0 Å². The van der Waals surface area contributed by atoms with Crippen LogP contribution in [0.15, 0.2) is 12.4 Å². The molecule has 0 aromatic carbocycles. The van der Waals surface area contributed by atoms with Crippen molar-refractivity contribution in [1.29, 1.82) is 0 Å². The number of carbonyl (C=O) groups is 1. The minimum absolute atomic E-state index is 0.0951. The first-order chi connectivity index (χ1) is 13.1. The summed E-state index contributed by atoms with van der Waals surface area (Å²) < 4.78 is 7.96. The first-order valence-corrected chi connectivity index (χ1v) is 10.3. The van der Waals surface area contributed by atoms with Gasteiger partial charge in [0.15, 0.2) is 11.3 Å². The molecule has 1 N–H and O–H groups in total. The maximum Gasteiger partial charge on any atom is 0.274 e. The Kier molecular flexibility index (Phi) is 5.17. The van der Waals surface area contributed by atoms with Gasteiger partial charge in [-0.25, -0.2) is 9.97 Å². The zero-order valence-electron chi connectivity index (χ0n) is 16.6.